The van der Waals surface area contributed by atoms with Crippen molar-refractivity contribution < 1.29 is 0 Å². The van der Waals surface area contributed by atoms with Gasteiger partial charge < -0.3 is 0 Å². The van der Waals surface area contributed by atoms with Crippen LogP contribution in [0, 0.1) is 0 Å². The number of hydrogen-bond donors (Lipinski definition) is 1. The van der Waals surface area contributed by atoms with Crippen LogP contribution < -0.4 is 5.43 Å². The highest BCUT2D eigenvalue weighted by molar-refractivity contribution is 14.1. The van der Waals surface area contributed by atoms with Crippen molar-refractivity contribution >= 4 is 22.6 Å². The second-order valence-electron chi connectivity index (χ2n) is 2.41. The quantitative estimate of drug-likeness (QED) is 0.728. The molecule has 0 amide bonds. The number of nitrogens with zero attached hydrogens (tertiary/aromatic N) is 1. The van der Waals surface area contributed by atoms with Gasteiger partial charge in [0.05, 0.1) is 5.70 Å². The number of nitrogens with one attached hydrogen (secondary N) is 1. The molecule has 2 nitrogen and oxygen atoms in total. The number of hydrogen-bond acceptors (Lipinski definition) is 2. The van der Waals surface area contributed by atoms with Crippen molar-refractivity contribution in [2.24, 2.45) is 0 Å². The van der Waals surface area contributed by atoms with Crippen molar-refractivity contribution in [1.29, 1.82) is 0 Å². The lowest BCUT2D eigenvalue weighted by molar-refractivity contribution is 0.381. The molecule has 0 fully saturated rings. The van der Waals surface area contributed by atoms with Crippen LogP contribution in [0.2, 0.25) is 0 Å². The van der Waals surface area contributed by atoms with Crippen LogP contribution in [0.4, 0.5) is 0 Å². The molecule has 11 heavy (non-hydrogen) atoms. The summed E-state index contributed by atoms with van der Waals surface area (Å²) in [5, 5.41) is 1.91. The number of hydrazine groups is 1. The average Bonchev–Trinajstić information content (AvgIpc) is 1.96. The van der Waals surface area contributed by atoms with Crippen molar-refractivity contribution in [3.05, 3.63) is 33.7 Å². The molecule has 0 aromatic rings. The molecule has 1 aliphatic rings. The van der Waals surface area contributed by atoms with Gasteiger partial charge in [-0.15, -0.1) is 0 Å². The Bertz CT molecular complexity index is 240. The van der Waals surface area contributed by atoms with Crippen molar-refractivity contribution in [2.75, 3.05) is 7.05 Å². The Balaban J connectivity index is 2.90. The Morgan fingerprint density at radius 3 is 2.82 bits per heavy atom. The number of halogens is 1. The van der Waals surface area contributed by atoms with Crippen LogP contribution in [0.15, 0.2) is 33.7 Å². The molecule has 1 aliphatic heterocycles. The van der Waals surface area contributed by atoms with Crippen LogP contribution in [0.1, 0.15) is 6.92 Å². The molecule has 0 spiro atoms. The highest BCUT2D eigenvalue weighted by atomic mass is 127. The fourth-order valence-electron chi connectivity index (χ4n) is 0.917. The van der Waals surface area contributed by atoms with E-state index in [1.165, 1.54) is 9.15 Å². The Hall–Kier alpha value is -0.290. The summed E-state index contributed by atoms with van der Waals surface area (Å²) in [6, 6.07) is 0. The summed E-state index contributed by atoms with van der Waals surface area (Å²) >= 11 is 2.28. The molecule has 1 rings (SSSR count). The van der Waals surface area contributed by atoms with Gasteiger partial charge in [-0.2, -0.15) is 0 Å². The summed E-state index contributed by atoms with van der Waals surface area (Å²) < 4.78 is 1.18. The third-order valence-corrected chi connectivity index (χ3v) is 2.43. The summed E-state index contributed by atoms with van der Waals surface area (Å²) in [5.41, 5.74) is 5.26. The monoisotopic (exact) mass is 262 g/mol. The van der Waals surface area contributed by atoms with Crippen LogP contribution in [-0.2, 0) is 0 Å². The zero-order chi connectivity index (χ0) is 8.43. The minimum atomic E-state index is 0.999. The number of rotatable bonds is 1. The second-order valence-corrected chi connectivity index (χ2v) is 3.57. The van der Waals surface area contributed by atoms with Crippen LogP contribution in [0.3, 0.4) is 0 Å². The molecule has 0 atom stereocenters. The van der Waals surface area contributed by atoms with Crippen LogP contribution in [-0.4, -0.2) is 12.1 Å². The topological polar surface area (TPSA) is 15.3 Å². The van der Waals surface area contributed by atoms with Gasteiger partial charge in [-0.1, -0.05) is 6.58 Å². The van der Waals surface area contributed by atoms with Gasteiger partial charge >= 0.3 is 0 Å². The van der Waals surface area contributed by atoms with Gasteiger partial charge in [-0.3, -0.25) is 5.01 Å². The van der Waals surface area contributed by atoms with E-state index in [1.807, 2.05) is 18.3 Å². The second kappa shape index (κ2) is 3.40. The summed E-state index contributed by atoms with van der Waals surface area (Å²) in [7, 11) is 1.88. The van der Waals surface area contributed by atoms with E-state index >= 15 is 0 Å². The normalized spacial score (nSPS) is 18.1. The molecule has 0 bridgehead atoms. The summed E-state index contributed by atoms with van der Waals surface area (Å²) in [6.45, 7) is 5.99. The molecule has 0 unspecified atom stereocenters. The average molecular weight is 262 g/mol. The maximum absolute atomic E-state index is 3.92. The molecule has 0 saturated carbocycles. The molecule has 0 saturated heterocycles. The SMILES string of the molecule is C=C1C(I)=CC(C)=CN1NC. The Labute approximate surface area is 80.8 Å². The Kier molecular flexibility index (Phi) is 2.72. The van der Waals surface area contributed by atoms with Gasteiger partial charge in [-0.25, -0.2) is 5.43 Å². The lowest BCUT2D eigenvalue weighted by atomic mass is 10.2. The van der Waals surface area contributed by atoms with Gasteiger partial charge in [0.2, 0.25) is 0 Å². The predicted molar refractivity (Wildman–Crippen MR) is 55.9 cm³/mol. The molecule has 60 valence electrons. The van der Waals surface area contributed by atoms with Gasteiger partial charge in [0.25, 0.3) is 0 Å². The minimum absolute atomic E-state index is 0.999. The van der Waals surface area contributed by atoms with E-state index in [0.717, 1.165) is 5.70 Å². The van der Waals surface area contributed by atoms with Crippen molar-refractivity contribution in [3.63, 3.8) is 0 Å². The van der Waals surface area contributed by atoms with Crippen LogP contribution in [0.25, 0.3) is 0 Å². The zero-order valence-corrected chi connectivity index (χ0v) is 8.84. The highest BCUT2D eigenvalue weighted by Crippen LogP contribution is 2.25. The molecular formula is C8H11IN2. The first-order chi connectivity index (χ1) is 5.15. The first kappa shape index (κ1) is 8.80. The van der Waals surface area contributed by atoms with E-state index in [0.29, 0.717) is 0 Å². The lowest BCUT2D eigenvalue weighted by Crippen LogP contribution is -2.30. The van der Waals surface area contributed by atoms with E-state index in [9.17, 15) is 0 Å². The van der Waals surface area contributed by atoms with Crippen LogP contribution in [0.5, 0.6) is 0 Å². The largest absolute Gasteiger partial charge is 0.284 e. The summed E-state index contributed by atoms with van der Waals surface area (Å²) in [6.07, 6.45) is 4.13. The fourth-order valence-corrected chi connectivity index (χ4v) is 1.67. The van der Waals surface area contributed by atoms with Gasteiger partial charge in [0.15, 0.2) is 0 Å². The van der Waals surface area contributed by atoms with E-state index < -0.39 is 0 Å². The molecule has 0 radical (unpaired) electrons. The molecule has 0 aromatic carbocycles. The Morgan fingerprint density at radius 2 is 2.27 bits per heavy atom. The minimum Gasteiger partial charge on any atom is -0.284 e. The first-order valence-corrected chi connectivity index (χ1v) is 4.44. The maximum Gasteiger partial charge on any atom is 0.0632 e. The molecule has 0 aromatic heterocycles. The molecule has 1 heterocycles. The van der Waals surface area contributed by atoms with E-state index in [-0.39, 0.29) is 0 Å². The van der Waals surface area contributed by atoms with Gasteiger partial charge in [-0.05, 0) is 41.2 Å². The first-order valence-electron chi connectivity index (χ1n) is 3.36. The highest BCUT2D eigenvalue weighted by Gasteiger charge is 2.10. The molecule has 0 aliphatic carbocycles. The smallest absolute Gasteiger partial charge is 0.0632 e. The molecule has 3 heteroatoms. The zero-order valence-electron chi connectivity index (χ0n) is 6.69. The maximum atomic E-state index is 3.92. The van der Waals surface area contributed by atoms with E-state index in [2.05, 4.69) is 47.6 Å². The van der Waals surface area contributed by atoms with Crippen molar-refractivity contribution in [3.8, 4) is 0 Å². The summed E-state index contributed by atoms with van der Waals surface area (Å²) in [5.74, 6) is 0. The third kappa shape index (κ3) is 1.84. The van der Waals surface area contributed by atoms with Crippen molar-refractivity contribution in [1.82, 2.24) is 10.4 Å². The Morgan fingerprint density at radius 1 is 1.64 bits per heavy atom. The van der Waals surface area contributed by atoms with E-state index in [4.69, 9.17) is 0 Å². The van der Waals surface area contributed by atoms with Crippen LogP contribution >= 0.6 is 22.6 Å². The van der Waals surface area contributed by atoms with Crippen molar-refractivity contribution in [2.45, 2.75) is 6.92 Å². The fraction of sp³-hybridized carbons (Fsp3) is 0.250. The predicted octanol–water partition coefficient (Wildman–Crippen LogP) is 2.17. The standard InChI is InChI=1S/C8H11IN2/c1-6-4-8(9)7(2)11(5-6)10-3/h4-5,10H,2H2,1,3H3. The van der Waals surface area contributed by atoms with Gasteiger partial charge in [0.1, 0.15) is 0 Å². The molecular weight excluding hydrogens is 251 g/mol. The molecule has 1 N–H and O–H groups in total. The summed E-state index contributed by atoms with van der Waals surface area (Å²) in [4.78, 5) is 0. The van der Waals surface area contributed by atoms with E-state index in [1.54, 1.807) is 0 Å². The third-order valence-electron chi connectivity index (χ3n) is 1.49. The van der Waals surface area contributed by atoms with Gasteiger partial charge in [0, 0.05) is 16.8 Å². The lowest BCUT2D eigenvalue weighted by Gasteiger charge is -2.25. The number of allylic oxidation sites excluding steroid dienone is 3.